The Kier molecular flexibility index (Phi) is 5.97. The lowest BCUT2D eigenvalue weighted by atomic mass is 10.1. The summed E-state index contributed by atoms with van der Waals surface area (Å²) in [6.07, 6.45) is -2.37. The van der Waals surface area contributed by atoms with Crippen molar-refractivity contribution in [3.8, 4) is 0 Å². The standard InChI is InChI=1S/C16H21F3N2OS/c1-12(23-2)15(22)21-9-7-20(8-10-21)11-13-3-5-14(6-4-13)16(17,18)19/h3-6,12H,7-11H2,1-2H3. The van der Waals surface area contributed by atoms with Gasteiger partial charge in [0.1, 0.15) is 0 Å². The molecule has 1 fully saturated rings. The number of hydrogen-bond acceptors (Lipinski definition) is 3. The van der Waals surface area contributed by atoms with E-state index in [4.69, 9.17) is 0 Å². The van der Waals surface area contributed by atoms with Crippen molar-refractivity contribution in [1.29, 1.82) is 0 Å². The van der Waals surface area contributed by atoms with Crippen LogP contribution in [0.2, 0.25) is 0 Å². The van der Waals surface area contributed by atoms with Crippen LogP contribution in [-0.2, 0) is 17.5 Å². The highest BCUT2D eigenvalue weighted by atomic mass is 32.2. The van der Waals surface area contributed by atoms with Crippen LogP contribution in [-0.4, -0.2) is 53.4 Å². The van der Waals surface area contributed by atoms with Crippen molar-refractivity contribution >= 4 is 17.7 Å². The van der Waals surface area contributed by atoms with Gasteiger partial charge in [0.15, 0.2) is 0 Å². The van der Waals surface area contributed by atoms with Crippen molar-refractivity contribution in [2.24, 2.45) is 0 Å². The Hall–Kier alpha value is -1.21. The number of hydrogen-bond donors (Lipinski definition) is 0. The first kappa shape index (κ1) is 18.1. The normalized spacial score (nSPS) is 18.0. The lowest BCUT2D eigenvalue weighted by Gasteiger charge is -2.35. The van der Waals surface area contributed by atoms with Crippen molar-refractivity contribution in [1.82, 2.24) is 9.80 Å². The van der Waals surface area contributed by atoms with Crippen LogP contribution in [0.4, 0.5) is 13.2 Å². The average Bonchev–Trinajstić information content (AvgIpc) is 2.54. The van der Waals surface area contributed by atoms with Crippen LogP contribution in [0.3, 0.4) is 0 Å². The Morgan fingerprint density at radius 1 is 1.17 bits per heavy atom. The molecule has 1 amide bonds. The van der Waals surface area contributed by atoms with Gasteiger partial charge in [0.05, 0.1) is 10.8 Å². The van der Waals surface area contributed by atoms with Gasteiger partial charge in [0.2, 0.25) is 5.91 Å². The number of rotatable bonds is 4. The minimum atomic E-state index is -4.29. The van der Waals surface area contributed by atoms with Crippen LogP contribution in [0.5, 0.6) is 0 Å². The maximum atomic E-state index is 12.5. The van der Waals surface area contributed by atoms with Gasteiger partial charge in [-0.3, -0.25) is 9.69 Å². The minimum absolute atomic E-state index is 0.0311. The largest absolute Gasteiger partial charge is 0.416 e. The smallest absolute Gasteiger partial charge is 0.339 e. The number of carbonyl (C=O) groups excluding carboxylic acids is 1. The second-order valence-electron chi connectivity index (χ2n) is 5.67. The molecule has 128 valence electrons. The molecule has 1 aromatic rings. The molecular weight excluding hydrogens is 325 g/mol. The number of halogens is 3. The fourth-order valence-corrected chi connectivity index (χ4v) is 2.89. The molecule has 1 aromatic carbocycles. The summed E-state index contributed by atoms with van der Waals surface area (Å²) in [6.45, 7) is 5.34. The van der Waals surface area contributed by atoms with Crippen molar-refractivity contribution in [3.05, 3.63) is 35.4 Å². The summed E-state index contributed by atoms with van der Waals surface area (Å²) in [5.74, 6) is 0.159. The van der Waals surface area contributed by atoms with Gasteiger partial charge in [-0.1, -0.05) is 12.1 Å². The highest BCUT2D eigenvalue weighted by molar-refractivity contribution is 7.99. The predicted octanol–water partition coefficient (Wildman–Crippen LogP) is 3.10. The van der Waals surface area contributed by atoms with Gasteiger partial charge in [-0.15, -0.1) is 0 Å². The maximum Gasteiger partial charge on any atom is 0.416 e. The van der Waals surface area contributed by atoms with Gasteiger partial charge in [0.25, 0.3) is 0 Å². The van der Waals surface area contributed by atoms with Crippen LogP contribution in [0.25, 0.3) is 0 Å². The first-order chi connectivity index (χ1) is 10.8. The van der Waals surface area contributed by atoms with Crippen molar-refractivity contribution < 1.29 is 18.0 Å². The number of nitrogens with zero attached hydrogens (tertiary/aromatic N) is 2. The highest BCUT2D eigenvalue weighted by Crippen LogP contribution is 2.29. The SMILES string of the molecule is CSC(C)C(=O)N1CCN(Cc2ccc(C(F)(F)F)cc2)CC1. The van der Waals surface area contributed by atoms with Crippen LogP contribution in [0.1, 0.15) is 18.1 Å². The number of carbonyl (C=O) groups is 1. The molecule has 1 saturated heterocycles. The van der Waals surface area contributed by atoms with E-state index in [9.17, 15) is 18.0 Å². The lowest BCUT2D eigenvalue weighted by Crippen LogP contribution is -2.50. The molecule has 23 heavy (non-hydrogen) atoms. The molecule has 0 N–H and O–H groups in total. The second kappa shape index (κ2) is 7.57. The number of amides is 1. The Morgan fingerprint density at radius 2 is 1.74 bits per heavy atom. The number of benzene rings is 1. The molecule has 0 saturated carbocycles. The van der Waals surface area contributed by atoms with E-state index in [1.807, 2.05) is 18.1 Å². The maximum absolute atomic E-state index is 12.5. The van der Waals surface area contributed by atoms with Crippen LogP contribution >= 0.6 is 11.8 Å². The van der Waals surface area contributed by atoms with Crippen LogP contribution in [0.15, 0.2) is 24.3 Å². The van der Waals surface area contributed by atoms with E-state index in [1.54, 1.807) is 0 Å². The van der Waals surface area contributed by atoms with Crippen molar-refractivity contribution in [2.45, 2.75) is 24.9 Å². The molecule has 2 rings (SSSR count). The van der Waals surface area contributed by atoms with E-state index in [2.05, 4.69) is 4.90 Å². The van der Waals surface area contributed by atoms with Gasteiger partial charge in [-0.2, -0.15) is 24.9 Å². The molecule has 1 aliphatic rings. The zero-order valence-electron chi connectivity index (χ0n) is 13.3. The van der Waals surface area contributed by atoms with E-state index >= 15 is 0 Å². The molecule has 0 spiro atoms. The zero-order chi connectivity index (χ0) is 17.0. The molecule has 1 unspecified atom stereocenters. The van der Waals surface area contributed by atoms with E-state index in [1.165, 1.54) is 23.9 Å². The van der Waals surface area contributed by atoms with Gasteiger partial charge >= 0.3 is 6.18 Å². The Morgan fingerprint density at radius 3 is 2.22 bits per heavy atom. The molecule has 0 bridgehead atoms. The lowest BCUT2D eigenvalue weighted by molar-refractivity contribution is -0.137. The molecule has 1 atom stereocenters. The summed E-state index contributed by atoms with van der Waals surface area (Å²) in [5, 5.41) is -0.0311. The minimum Gasteiger partial charge on any atom is -0.339 e. The highest BCUT2D eigenvalue weighted by Gasteiger charge is 2.30. The van der Waals surface area contributed by atoms with E-state index in [0.29, 0.717) is 19.6 Å². The number of piperazine rings is 1. The predicted molar refractivity (Wildman–Crippen MR) is 86.3 cm³/mol. The molecule has 7 heteroatoms. The molecular formula is C16H21F3N2OS. The fraction of sp³-hybridized carbons (Fsp3) is 0.562. The van der Waals surface area contributed by atoms with Crippen LogP contribution in [0, 0.1) is 0 Å². The first-order valence-electron chi connectivity index (χ1n) is 7.51. The number of alkyl halides is 3. The summed E-state index contributed by atoms with van der Waals surface area (Å²) >= 11 is 1.54. The fourth-order valence-electron chi connectivity index (χ4n) is 2.54. The second-order valence-corrected chi connectivity index (χ2v) is 6.85. The van der Waals surface area contributed by atoms with Crippen LogP contribution < -0.4 is 0 Å². The van der Waals surface area contributed by atoms with Gasteiger partial charge in [0, 0.05) is 32.7 Å². The topological polar surface area (TPSA) is 23.6 Å². The summed E-state index contributed by atoms with van der Waals surface area (Å²) in [7, 11) is 0. The van der Waals surface area contributed by atoms with Crippen molar-refractivity contribution in [3.63, 3.8) is 0 Å². The third-order valence-corrected chi connectivity index (χ3v) is 4.98. The summed E-state index contributed by atoms with van der Waals surface area (Å²) in [4.78, 5) is 16.1. The molecule has 3 nitrogen and oxygen atoms in total. The van der Waals surface area contributed by atoms with Gasteiger partial charge in [-0.05, 0) is 30.9 Å². The average molecular weight is 346 g/mol. The zero-order valence-corrected chi connectivity index (χ0v) is 14.1. The van der Waals surface area contributed by atoms with Gasteiger partial charge < -0.3 is 4.90 Å². The monoisotopic (exact) mass is 346 g/mol. The third kappa shape index (κ3) is 4.88. The third-order valence-electron chi connectivity index (χ3n) is 4.07. The molecule has 0 radical (unpaired) electrons. The van der Waals surface area contributed by atoms with E-state index in [0.717, 1.165) is 30.8 Å². The van der Waals surface area contributed by atoms with Crippen molar-refractivity contribution in [2.75, 3.05) is 32.4 Å². The summed E-state index contributed by atoms with van der Waals surface area (Å²) in [6, 6.07) is 5.29. The molecule has 0 aliphatic carbocycles. The Labute approximate surface area is 138 Å². The number of thioether (sulfide) groups is 1. The quantitative estimate of drug-likeness (QED) is 0.837. The van der Waals surface area contributed by atoms with Gasteiger partial charge in [-0.25, -0.2) is 0 Å². The molecule has 1 aliphatic heterocycles. The first-order valence-corrected chi connectivity index (χ1v) is 8.80. The Bertz CT molecular complexity index is 525. The van der Waals surface area contributed by atoms with E-state index in [-0.39, 0.29) is 11.2 Å². The summed E-state index contributed by atoms with van der Waals surface area (Å²) in [5.41, 5.74) is 0.234. The molecule has 1 heterocycles. The van der Waals surface area contributed by atoms with E-state index < -0.39 is 11.7 Å². The summed E-state index contributed by atoms with van der Waals surface area (Å²) < 4.78 is 37.6. The molecule has 0 aromatic heterocycles. The Balaban J connectivity index is 1.86.